The summed E-state index contributed by atoms with van der Waals surface area (Å²) in [6, 6.07) is 101. The Balaban J connectivity index is 0.880. The number of para-hydroxylation sites is 2. The van der Waals surface area contributed by atoms with Crippen LogP contribution in [0.2, 0.25) is 0 Å². The molecule has 13 aromatic carbocycles. The van der Waals surface area contributed by atoms with Gasteiger partial charge in [0.2, 0.25) is 0 Å². The minimum atomic E-state index is 0.856. The first-order valence-electron chi connectivity index (χ1n) is 25.7. The third-order valence-electron chi connectivity index (χ3n) is 15.4. The highest BCUT2D eigenvalue weighted by Crippen LogP contribution is 2.48. The number of benzene rings is 13. The highest BCUT2D eigenvalue weighted by Gasteiger charge is 2.24. The van der Waals surface area contributed by atoms with Gasteiger partial charge in [-0.2, -0.15) is 0 Å². The molecule has 0 radical (unpaired) electrons. The Hall–Kier alpha value is -9.96. The fourth-order valence-corrected chi connectivity index (χ4v) is 11.8. The van der Waals surface area contributed by atoms with Crippen LogP contribution in [0.15, 0.2) is 283 Å². The number of fused-ring (bicyclic) bond motifs is 9. The van der Waals surface area contributed by atoms with Crippen molar-refractivity contribution in [3.8, 4) is 50.2 Å². The van der Waals surface area contributed by atoms with E-state index in [1.165, 1.54) is 82.1 Å². The number of hydrogen-bond acceptors (Lipinski definition) is 2. The van der Waals surface area contributed by atoms with Gasteiger partial charge in [-0.1, -0.05) is 212 Å². The average Bonchev–Trinajstić information content (AvgIpc) is 4.06. The highest BCUT2D eigenvalue weighted by atomic mass is 16.3. The zero-order valence-electron chi connectivity index (χ0n) is 40.9. The molecular formula is C72H46N2O. The van der Waals surface area contributed by atoms with E-state index in [4.69, 9.17) is 4.42 Å². The predicted molar refractivity (Wildman–Crippen MR) is 317 cm³/mol. The van der Waals surface area contributed by atoms with Gasteiger partial charge in [-0.3, -0.25) is 0 Å². The van der Waals surface area contributed by atoms with Gasteiger partial charge in [0.1, 0.15) is 11.2 Å². The van der Waals surface area contributed by atoms with Crippen LogP contribution in [0.1, 0.15) is 0 Å². The van der Waals surface area contributed by atoms with Gasteiger partial charge in [0.15, 0.2) is 0 Å². The standard InChI is InChI=1S/C72H46N2O/c1-2-17-54-46-55(35-34-47(54)14-1)50-32-30-48(31-33-50)49-36-40-56(41-37-49)73(68-45-44-62(61-25-11-18-51-15-3-5-20-58(51)61)72-71(68)64-23-8-10-29-69(64)75-72)57-42-38-53(39-43-57)60-24-13-28-67-70(60)63-22-7-9-26-66(63)74(67)65-27-12-19-52-16-4-6-21-59(52)65/h1-46H. The molecule has 0 amide bonds. The van der Waals surface area contributed by atoms with Crippen LogP contribution >= 0.6 is 0 Å². The van der Waals surface area contributed by atoms with Crippen LogP contribution < -0.4 is 4.90 Å². The van der Waals surface area contributed by atoms with E-state index in [-0.39, 0.29) is 0 Å². The molecule has 0 fully saturated rings. The molecule has 0 saturated heterocycles. The van der Waals surface area contributed by atoms with Gasteiger partial charge in [0.05, 0.1) is 27.8 Å². The largest absolute Gasteiger partial charge is 0.455 e. The zero-order valence-corrected chi connectivity index (χ0v) is 40.9. The first-order chi connectivity index (χ1) is 37.2. The van der Waals surface area contributed by atoms with E-state index >= 15 is 0 Å². The first-order valence-corrected chi connectivity index (χ1v) is 25.7. The molecule has 0 saturated carbocycles. The number of hydrogen-bond donors (Lipinski definition) is 0. The Labute approximate surface area is 434 Å². The molecule has 0 aliphatic carbocycles. The number of nitrogens with zero attached hydrogens (tertiary/aromatic N) is 2. The van der Waals surface area contributed by atoms with Crippen molar-refractivity contribution in [3.63, 3.8) is 0 Å². The molecule has 15 rings (SSSR count). The van der Waals surface area contributed by atoms with Crippen LogP contribution in [0.3, 0.4) is 0 Å². The van der Waals surface area contributed by atoms with Crippen LogP contribution in [0, 0.1) is 0 Å². The molecule has 0 aliphatic heterocycles. The molecule has 0 N–H and O–H groups in total. The van der Waals surface area contributed by atoms with Gasteiger partial charge in [-0.05, 0) is 133 Å². The Morgan fingerprint density at radius 2 is 0.813 bits per heavy atom. The summed E-state index contributed by atoms with van der Waals surface area (Å²) in [4.78, 5) is 2.40. The van der Waals surface area contributed by atoms with Gasteiger partial charge < -0.3 is 13.9 Å². The zero-order chi connectivity index (χ0) is 49.4. The van der Waals surface area contributed by atoms with Gasteiger partial charge in [0, 0.05) is 38.5 Å². The Bertz CT molecular complexity index is 4680. The van der Waals surface area contributed by atoms with E-state index in [1.54, 1.807) is 0 Å². The summed E-state index contributed by atoms with van der Waals surface area (Å²) in [5.41, 5.74) is 17.7. The minimum Gasteiger partial charge on any atom is -0.455 e. The van der Waals surface area contributed by atoms with E-state index in [0.29, 0.717) is 0 Å². The topological polar surface area (TPSA) is 21.3 Å². The molecular weight excluding hydrogens is 909 g/mol. The number of anilines is 3. The fourth-order valence-electron chi connectivity index (χ4n) is 11.8. The second-order valence-electron chi connectivity index (χ2n) is 19.6. The molecule has 3 heteroatoms. The monoisotopic (exact) mass is 954 g/mol. The molecule has 15 aromatic rings. The summed E-state index contributed by atoms with van der Waals surface area (Å²) < 4.78 is 9.41. The molecule has 350 valence electrons. The third-order valence-corrected chi connectivity index (χ3v) is 15.4. The second kappa shape index (κ2) is 17.4. The molecule has 0 spiro atoms. The number of furan rings is 1. The van der Waals surface area contributed by atoms with E-state index in [2.05, 4.69) is 289 Å². The summed E-state index contributed by atoms with van der Waals surface area (Å²) in [5, 5.41) is 11.9. The van der Waals surface area contributed by atoms with Crippen molar-refractivity contribution in [2.24, 2.45) is 0 Å². The van der Waals surface area contributed by atoms with Crippen LogP contribution in [0.4, 0.5) is 17.1 Å². The van der Waals surface area contributed by atoms with Gasteiger partial charge in [-0.15, -0.1) is 0 Å². The van der Waals surface area contributed by atoms with Crippen molar-refractivity contribution < 1.29 is 4.42 Å². The van der Waals surface area contributed by atoms with E-state index in [0.717, 1.165) is 61.3 Å². The maximum absolute atomic E-state index is 6.97. The van der Waals surface area contributed by atoms with E-state index in [9.17, 15) is 0 Å². The lowest BCUT2D eigenvalue weighted by atomic mass is 9.95. The first kappa shape index (κ1) is 42.7. The van der Waals surface area contributed by atoms with Crippen LogP contribution in [0.25, 0.3) is 126 Å². The second-order valence-corrected chi connectivity index (χ2v) is 19.6. The normalized spacial score (nSPS) is 11.7. The van der Waals surface area contributed by atoms with Crippen LogP contribution in [-0.4, -0.2) is 4.57 Å². The lowest BCUT2D eigenvalue weighted by Gasteiger charge is -2.27. The van der Waals surface area contributed by atoms with Crippen molar-refractivity contribution in [2.45, 2.75) is 0 Å². The molecule has 0 unspecified atom stereocenters. The maximum Gasteiger partial charge on any atom is 0.145 e. The average molecular weight is 955 g/mol. The molecule has 0 aliphatic rings. The molecule has 3 nitrogen and oxygen atoms in total. The third kappa shape index (κ3) is 7.05. The van der Waals surface area contributed by atoms with Crippen molar-refractivity contribution in [1.82, 2.24) is 4.57 Å². The molecule has 0 bridgehead atoms. The summed E-state index contributed by atoms with van der Waals surface area (Å²) in [7, 11) is 0. The summed E-state index contributed by atoms with van der Waals surface area (Å²) in [5.74, 6) is 0. The lowest BCUT2D eigenvalue weighted by molar-refractivity contribution is 0.670. The molecule has 2 aromatic heterocycles. The number of aromatic nitrogens is 1. The van der Waals surface area contributed by atoms with Gasteiger partial charge in [-0.25, -0.2) is 0 Å². The Kier molecular flexibility index (Phi) is 9.89. The van der Waals surface area contributed by atoms with Crippen LogP contribution in [0.5, 0.6) is 0 Å². The van der Waals surface area contributed by atoms with Crippen molar-refractivity contribution >= 4 is 93.1 Å². The summed E-state index contributed by atoms with van der Waals surface area (Å²) in [6.07, 6.45) is 0. The van der Waals surface area contributed by atoms with Gasteiger partial charge in [0.25, 0.3) is 0 Å². The quantitative estimate of drug-likeness (QED) is 0.151. The Morgan fingerprint density at radius 1 is 0.293 bits per heavy atom. The molecule has 0 atom stereocenters. The van der Waals surface area contributed by atoms with Gasteiger partial charge >= 0.3 is 0 Å². The minimum absolute atomic E-state index is 0.856. The maximum atomic E-state index is 6.97. The van der Waals surface area contributed by atoms with Crippen molar-refractivity contribution in [1.29, 1.82) is 0 Å². The van der Waals surface area contributed by atoms with Crippen LogP contribution in [-0.2, 0) is 0 Å². The van der Waals surface area contributed by atoms with E-state index < -0.39 is 0 Å². The van der Waals surface area contributed by atoms with Crippen molar-refractivity contribution in [3.05, 3.63) is 279 Å². The van der Waals surface area contributed by atoms with Crippen molar-refractivity contribution in [2.75, 3.05) is 4.90 Å². The fraction of sp³-hybridized carbons (Fsp3) is 0. The molecule has 2 heterocycles. The lowest BCUT2D eigenvalue weighted by Crippen LogP contribution is -2.10. The number of rotatable bonds is 8. The predicted octanol–water partition coefficient (Wildman–Crippen LogP) is 20.3. The SMILES string of the molecule is c1ccc2cc(-c3ccc(-c4ccc(N(c5ccc(-c6cccc7c6c6ccccc6n7-c6cccc7ccccc67)cc5)c5ccc(-c6cccc7ccccc67)c6oc7ccccc7c56)cc4)cc3)ccc2c1. The summed E-state index contributed by atoms with van der Waals surface area (Å²) >= 11 is 0. The smallest absolute Gasteiger partial charge is 0.145 e. The summed E-state index contributed by atoms with van der Waals surface area (Å²) in [6.45, 7) is 0. The highest BCUT2D eigenvalue weighted by molar-refractivity contribution is 6.19. The van der Waals surface area contributed by atoms with E-state index in [1.807, 2.05) is 0 Å². The molecule has 75 heavy (non-hydrogen) atoms. The Morgan fingerprint density at radius 3 is 1.57 bits per heavy atom.